The van der Waals surface area contributed by atoms with Crippen LogP contribution in [0.1, 0.15) is 21.3 Å². The van der Waals surface area contributed by atoms with E-state index in [1.165, 1.54) is 11.3 Å². The molecular formula is C11H9F3N4OS. The van der Waals surface area contributed by atoms with Crippen LogP contribution < -0.4 is 4.90 Å². The number of carbonyl (C=O) groups excluding carboxylic acids is 1. The fourth-order valence-electron chi connectivity index (χ4n) is 2.13. The molecule has 20 heavy (non-hydrogen) atoms. The molecule has 3 rings (SSSR count). The fraction of sp³-hybridized carbons (Fsp3) is 0.364. The number of aromatic nitrogens is 3. The molecule has 2 aromatic heterocycles. The van der Waals surface area contributed by atoms with Gasteiger partial charge in [-0.3, -0.25) is 4.79 Å². The molecule has 2 aromatic rings. The molecule has 0 atom stereocenters. The number of thiophene rings is 1. The van der Waals surface area contributed by atoms with E-state index in [2.05, 4.69) is 10.2 Å². The monoisotopic (exact) mass is 302 g/mol. The predicted octanol–water partition coefficient (Wildman–Crippen LogP) is 2.19. The van der Waals surface area contributed by atoms with E-state index in [0.717, 1.165) is 15.9 Å². The van der Waals surface area contributed by atoms with Crippen molar-refractivity contribution in [1.29, 1.82) is 0 Å². The van der Waals surface area contributed by atoms with Gasteiger partial charge >= 0.3 is 6.18 Å². The van der Waals surface area contributed by atoms with Crippen LogP contribution in [0.4, 0.5) is 18.2 Å². The molecule has 1 aliphatic rings. The lowest BCUT2D eigenvalue weighted by Gasteiger charge is -2.28. The highest BCUT2D eigenvalue weighted by Gasteiger charge is 2.39. The normalized spacial score (nSPS) is 15.2. The Morgan fingerprint density at radius 2 is 2.05 bits per heavy atom. The topological polar surface area (TPSA) is 51.0 Å². The number of rotatable bonds is 2. The summed E-state index contributed by atoms with van der Waals surface area (Å²) in [6.07, 6.45) is -3.73. The molecule has 0 fully saturated rings. The minimum Gasteiger partial charge on any atom is -0.354 e. The van der Waals surface area contributed by atoms with E-state index in [4.69, 9.17) is 0 Å². The Balaban J connectivity index is 1.86. The summed E-state index contributed by atoms with van der Waals surface area (Å²) in [6.45, 7) is 0.848. The van der Waals surface area contributed by atoms with Gasteiger partial charge in [0.1, 0.15) is 0 Å². The number of aldehydes is 1. The SMILES string of the molecule is O=Cc1ccc(N2CCn3c(nnc3C(F)(F)F)C2)s1. The summed E-state index contributed by atoms with van der Waals surface area (Å²) < 4.78 is 39.2. The smallest absolute Gasteiger partial charge is 0.354 e. The second-order valence-corrected chi connectivity index (χ2v) is 5.40. The van der Waals surface area contributed by atoms with Gasteiger partial charge in [-0.05, 0) is 12.1 Å². The number of fused-ring (bicyclic) bond motifs is 1. The molecule has 0 amide bonds. The molecule has 0 saturated carbocycles. The van der Waals surface area contributed by atoms with Crippen molar-refractivity contribution in [2.45, 2.75) is 19.3 Å². The van der Waals surface area contributed by atoms with Crippen molar-refractivity contribution in [2.24, 2.45) is 0 Å². The van der Waals surface area contributed by atoms with Crippen molar-refractivity contribution < 1.29 is 18.0 Å². The number of nitrogens with zero attached hydrogens (tertiary/aromatic N) is 4. The molecule has 1 aliphatic heterocycles. The van der Waals surface area contributed by atoms with E-state index in [-0.39, 0.29) is 18.9 Å². The van der Waals surface area contributed by atoms with Crippen molar-refractivity contribution in [2.75, 3.05) is 11.4 Å². The number of hydrogen-bond acceptors (Lipinski definition) is 5. The summed E-state index contributed by atoms with van der Waals surface area (Å²) >= 11 is 1.30. The molecule has 106 valence electrons. The minimum atomic E-state index is -4.49. The zero-order chi connectivity index (χ0) is 14.3. The van der Waals surface area contributed by atoms with Crippen LogP contribution in [0.2, 0.25) is 0 Å². The molecular weight excluding hydrogens is 293 g/mol. The van der Waals surface area contributed by atoms with Crippen LogP contribution in [-0.2, 0) is 19.3 Å². The van der Waals surface area contributed by atoms with E-state index in [9.17, 15) is 18.0 Å². The van der Waals surface area contributed by atoms with Gasteiger partial charge in [0.05, 0.1) is 16.4 Å². The molecule has 9 heteroatoms. The third-order valence-corrected chi connectivity index (χ3v) is 4.12. The van der Waals surface area contributed by atoms with Crippen LogP contribution in [-0.4, -0.2) is 27.6 Å². The molecule has 5 nitrogen and oxygen atoms in total. The summed E-state index contributed by atoms with van der Waals surface area (Å²) in [5.41, 5.74) is 0. The highest BCUT2D eigenvalue weighted by atomic mass is 32.1. The first-order chi connectivity index (χ1) is 9.49. The number of hydrogen-bond donors (Lipinski definition) is 0. The molecule has 0 aliphatic carbocycles. The van der Waals surface area contributed by atoms with Gasteiger partial charge in [-0.2, -0.15) is 13.2 Å². The van der Waals surface area contributed by atoms with Crippen LogP contribution in [0.5, 0.6) is 0 Å². The highest BCUT2D eigenvalue weighted by molar-refractivity contribution is 7.17. The number of anilines is 1. The Morgan fingerprint density at radius 1 is 1.25 bits per heavy atom. The molecule has 0 radical (unpaired) electrons. The first kappa shape index (κ1) is 13.1. The van der Waals surface area contributed by atoms with Gasteiger partial charge in [-0.15, -0.1) is 21.5 Å². The van der Waals surface area contributed by atoms with E-state index < -0.39 is 12.0 Å². The Kier molecular flexibility index (Phi) is 3.00. The number of halogens is 3. The molecule has 0 bridgehead atoms. The average Bonchev–Trinajstić information content (AvgIpc) is 3.03. The van der Waals surface area contributed by atoms with Gasteiger partial charge in [-0.25, -0.2) is 0 Å². The van der Waals surface area contributed by atoms with Crippen LogP contribution in [0.3, 0.4) is 0 Å². The van der Waals surface area contributed by atoms with Crippen LogP contribution >= 0.6 is 11.3 Å². The number of carbonyl (C=O) groups is 1. The van der Waals surface area contributed by atoms with Gasteiger partial charge in [0.15, 0.2) is 12.1 Å². The van der Waals surface area contributed by atoms with E-state index in [0.29, 0.717) is 11.4 Å². The second-order valence-electron chi connectivity index (χ2n) is 4.30. The highest BCUT2D eigenvalue weighted by Crippen LogP contribution is 2.32. The lowest BCUT2D eigenvalue weighted by molar-refractivity contribution is -0.147. The summed E-state index contributed by atoms with van der Waals surface area (Å²) in [5, 5.41) is 7.68. The van der Waals surface area contributed by atoms with Crippen molar-refractivity contribution in [3.8, 4) is 0 Å². The Labute approximate surface area is 115 Å². The van der Waals surface area contributed by atoms with Gasteiger partial charge in [0.25, 0.3) is 0 Å². The zero-order valence-electron chi connectivity index (χ0n) is 10.1. The first-order valence-corrected chi connectivity index (χ1v) is 6.60. The average molecular weight is 302 g/mol. The predicted molar refractivity (Wildman–Crippen MR) is 65.8 cm³/mol. The molecule has 0 spiro atoms. The summed E-state index contributed by atoms with van der Waals surface area (Å²) in [6, 6.07) is 3.47. The third-order valence-electron chi connectivity index (χ3n) is 3.05. The van der Waals surface area contributed by atoms with Crippen molar-refractivity contribution in [1.82, 2.24) is 14.8 Å². The molecule has 0 saturated heterocycles. The maximum absolute atomic E-state index is 12.7. The van der Waals surface area contributed by atoms with Gasteiger partial charge in [0.2, 0.25) is 5.82 Å². The molecule has 3 heterocycles. The van der Waals surface area contributed by atoms with Crippen LogP contribution in [0.15, 0.2) is 12.1 Å². The largest absolute Gasteiger partial charge is 0.451 e. The Hall–Kier alpha value is -1.90. The van der Waals surface area contributed by atoms with E-state index in [1.807, 2.05) is 4.90 Å². The van der Waals surface area contributed by atoms with Gasteiger partial charge < -0.3 is 9.47 Å². The molecule has 0 unspecified atom stereocenters. The number of alkyl halides is 3. The van der Waals surface area contributed by atoms with Crippen molar-refractivity contribution >= 4 is 22.6 Å². The Bertz CT molecular complexity index is 648. The minimum absolute atomic E-state index is 0.172. The summed E-state index contributed by atoms with van der Waals surface area (Å²) in [5.74, 6) is -0.670. The van der Waals surface area contributed by atoms with Crippen molar-refractivity contribution in [3.63, 3.8) is 0 Å². The second kappa shape index (κ2) is 4.58. The Morgan fingerprint density at radius 3 is 2.70 bits per heavy atom. The molecule has 0 aromatic carbocycles. The third kappa shape index (κ3) is 2.17. The van der Waals surface area contributed by atoms with Crippen LogP contribution in [0.25, 0.3) is 0 Å². The van der Waals surface area contributed by atoms with Gasteiger partial charge in [-0.1, -0.05) is 0 Å². The summed E-state index contributed by atoms with van der Waals surface area (Å²) in [7, 11) is 0. The lowest BCUT2D eigenvalue weighted by Crippen LogP contribution is -2.34. The van der Waals surface area contributed by atoms with Gasteiger partial charge in [0, 0.05) is 13.1 Å². The molecule has 0 N–H and O–H groups in total. The standard InChI is InChI=1S/C11H9F3N4OS/c12-11(13,14)10-16-15-8-5-17(3-4-18(8)10)9-2-1-7(6-19)20-9/h1-2,6H,3-5H2. The van der Waals surface area contributed by atoms with Crippen LogP contribution in [0, 0.1) is 0 Å². The van der Waals surface area contributed by atoms with E-state index >= 15 is 0 Å². The lowest BCUT2D eigenvalue weighted by atomic mass is 10.3. The first-order valence-electron chi connectivity index (χ1n) is 5.78. The van der Waals surface area contributed by atoms with E-state index in [1.54, 1.807) is 12.1 Å². The maximum Gasteiger partial charge on any atom is 0.451 e. The fourth-order valence-corrected chi connectivity index (χ4v) is 2.98. The zero-order valence-corrected chi connectivity index (χ0v) is 10.9. The summed E-state index contributed by atoms with van der Waals surface area (Å²) in [4.78, 5) is 13.1. The maximum atomic E-state index is 12.7. The van der Waals surface area contributed by atoms with Crippen molar-refractivity contribution in [3.05, 3.63) is 28.7 Å². The quantitative estimate of drug-likeness (QED) is 0.798.